The summed E-state index contributed by atoms with van der Waals surface area (Å²) in [5.74, 6) is -3.65. The van der Waals surface area contributed by atoms with Crippen molar-refractivity contribution in [3.8, 4) is 0 Å². The number of aliphatic hydroxyl groups excluding tert-OH is 1. The largest absolute Gasteiger partial charge is 0.480 e. The highest BCUT2D eigenvalue weighted by Crippen LogP contribution is 2.29. The first-order chi connectivity index (χ1) is 20.8. The third-order valence-corrected chi connectivity index (χ3v) is 11.0. The standard InChI is InChI=1S/C33H49N3O8S/c1-22(2)29(45(42,43)36(8)33(6,7)30(39)40)34-20-27(37)26(19-24-15-11-9-12-16-24)35-28(38)23(3)32(4,5)31(41)44-21-25-17-13-10-14-18-25/h9-18,22-23,26-27,29,34,37H,19-21H2,1-8H3,(H,35,38)(H,39,40)/t23-,26?,27+,29?/m0/s1. The number of carboxylic acids is 1. The Labute approximate surface area is 267 Å². The van der Waals surface area contributed by atoms with Crippen molar-refractivity contribution in [3.05, 3.63) is 71.8 Å². The van der Waals surface area contributed by atoms with Gasteiger partial charge in [0.2, 0.25) is 15.9 Å². The summed E-state index contributed by atoms with van der Waals surface area (Å²) in [6.45, 7) is 10.7. The van der Waals surface area contributed by atoms with Gasteiger partial charge in [-0.05, 0) is 51.2 Å². The number of amides is 1. The Kier molecular flexibility index (Phi) is 13.3. The van der Waals surface area contributed by atoms with Crippen LogP contribution in [0.25, 0.3) is 0 Å². The number of aliphatic hydroxyl groups is 1. The lowest BCUT2D eigenvalue weighted by Gasteiger charge is -2.36. The fourth-order valence-corrected chi connectivity index (χ4v) is 6.61. The second kappa shape index (κ2) is 15.8. The van der Waals surface area contributed by atoms with Crippen molar-refractivity contribution in [1.29, 1.82) is 0 Å². The molecule has 2 aromatic carbocycles. The van der Waals surface area contributed by atoms with Gasteiger partial charge in [0.15, 0.2) is 0 Å². The molecule has 1 amide bonds. The smallest absolute Gasteiger partial charge is 0.324 e. The van der Waals surface area contributed by atoms with Gasteiger partial charge >= 0.3 is 11.9 Å². The highest BCUT2D eigenvalue weighted by Gasteiger charge is 2.44. The third kappa shape index (κ3) is 9.83. The molecule has 0 fully saturated rings. The Morgan fingerprint density at radius 2 is 1.42 bits per heavy atom. The molecule has 0 bridgehead atoms. The molecule has 4 atom stereocenters. The lowest BCUT2D eigenvalue weighted by molar-refractivity contribution is -0.161. The van der Waals surface area contributed by atoms with Crippen LogP contribution in [0, 0.1) is 17.3 Å². The van der Waals surface area contributed by atoms with E-state index < -0.39 is 68.2 Å². The van der Waals surface area contributed by atoms with Gasteiger partial charge in [-0.3, -0.25) is 19.7 Å². The van der Waals surface area contributed by atoms with Crippen molar-refractivity contribution in [2.75, 3.05) is 13.6 Å². The van der Waals surface area contributed by atoms with Crippen molar-refractivity contribution >= 4 is 27.9 Å². The minimum Gasteiger partial charge on any atom is -0.480 e. The maximum atomic E-state index is 13.5. The topological polar surface area (TPSA) is 162 Å². The fourth-order valence-electron chi connectivity index (χ4n) is 4.56. The molecule has 0 spiro atoms. The zero-order chi connectivity index (χ0) is 34.2. The van der Waals surface area contributed by atoms with E-state index >= 15 is 0 Å². The summed E-state index contributed by atoms with van der Waals surface area (Å²) in [6.07, 6.45) is -1.02. The normalized spacial score (nSPS) is 15.3. The van der Waals surface area contributed by atoms with E-state index in [0.717, 1.165) is 15.4 Å². The molecule has 250 valence electrons. The predicted molar refractivity (Wildman–Crippen MR) is 172 cm³/mol. The van der Waals surface area contributed by atoms with E-state index in [0.29, 0.717) is 0 Å². The molecule has 0 saturated heterocycles. The fraction of sp³-hybridized carbons (Fsp3) is 0.545. The van der Waals surface area contributed by atoms with Crippen LogP contribution in [0.5, 0.6) is 0 Å². The number of hydrogen-bond donors (Lipinski definition) is 4. The van der Waals surface area contributed by atoms with E-state index in [1.54, 1.807) is 34.6 Å². The molecule has 45 heavy (non-hydrogen) atoms. The van der Waals surface area contributed by atoms with E-state index in [-0.39, 0.29) is 19.6 Å². The minimum absolute atomic E-state index is 0.0667. The van der Waals surface area contributed by atoms with Gasteiger partial charge in [-0.15, -0.1) is 0 Å². The molecule has 4 N–H and O–H groups in total. The summed E-state index contributed by atoms with van der Waals surface area (Å²) in [5, 5.41) is 25.5. The molecule has 2 rings (SSSR count). The van der Waals surface area contributed by atoms with Crippen LogP contribution < -0.4 is 10.6 Å². The van der Waals surface area contributed by atoms with Crippen LogP contribution in [-0.4, -0.2) is 77.4 Å². The summed E-state index contributed by atoms with van der Waals surface area (Å²) in [5.41, 5.74) is -1.26. The molecule has 0 radical (unpaired) electrons. The number of ether oxygens (including phenoxy) is 1. The van der Waals surface area contributed by atoms with Gasteiger partial charge in [-0.2, -0.15) is 4.31 Å². The molecular weight excluding hydrogens is 598 g/mol. The van der Waals surface area contributed by atoms with Gasteiger partial charge in [0, 0.05) is 13.6 Å². The Hall–Kier alpha value is -3.32. The van der Waals surface area contributed by atoms with Crippen LogP contribution in [0.1, 0.15) is 59.6 Å². The number of carboxylic acid groups (broad SMARTS) is 1. The molecule has 0 saturated carbocycles. The highest BCUT2D eigenvalue weighted by molar-refractivity contribution is 7.89. The van der Waals surface area contributed by atoms with Crippen LogP contribution in [0.15, 0.2) is 60.7 Å². The number of carbonyl (C=O) groups is 3. The monoisotopic (exact) mass is 647 g/mol. The molecule has 0 aliphatic carbocycles. The summed E-state index contributed by atoms with van der Waals surface area (Å²) < 4.78 is 33.3. The van der Waals surface area contributed by atoms with Crippen molar-refractivity contribution in [1.82, 2.24) is 14.9 Å². The summed E-state index contributed by atoms with van der Waals surface area (Å²) in [4.78, 5) is 38.3. The van der Waals surface area contributed by atoms with Crippen LogP contribution >= 0.6 is 0 Å². The van der Waals surface area contributed by atoms with Crippen molar-refractivity contribution in [2.45, 2.75) is 84.6 Å². The van der Waals surface area contributed by atoms with Crippen molar-refractivity contribution < 1.29 is 37.8 Å². The van der Waals surface area contributed by atoms with Crippen LogP contribution in [0.2, 0.25) is 0 Å². The molecular formula is C33H49N3O8S. The highest BCUT2D eigenvalue weighted by atomic mass is 32.2. The zero-order valence-corrected chi connectivity index (χ0v) is 28.3. The van der Waals surface area contributed by atoms with Gasteiger partial charge in [0.1, 0.15) is 17.5 Å². The second-order valence-corrected chi connectivity index (χ2v) is 14.9. The van der Waals surface area contributed by atoms with E-state index in [1.807, 2.05) is 60.7 Å². The molecule has 2 unspecified atom stereocenters. The average Bonchev–Trinajstić information content (AvgIpc) is 2.99. The molecule has 11 nitrogen and oxygen atoms in total. The number of hydrogen-bond acceptors (Lipinski definition) is 8. The van der Waals surface area contributed by atoms with E-state index in [1.165, 1.54) is 20.9 Å². The number of aliphatic carboxylic acids is 1. The first-order valence-electron chi connectivity index (χ1n) is 15.0. The summed E-state index contributed by atoms with van der Waals surface area (Å²) >= 11 is 0. The Bertz CT molecular complexity index is 1380. The summed E-state index contributed by atoms with van der Waals surface area (Å²) in [7, 11) is -2.97. The Morgan fingerprint density at radius 1 is 0.911 bits per heavy atom. The van der Waals surface area contributed by atoms with E-state index in [2.05, 4.69) is 10.6 Å². The Balaban J connectivity index is 2.23. The van der Waals surface area contributed by atoms with Crippen LogP contribution in [-0.2, 0) is 42.2 Å². The van der Waals surface area contributed by atoms with Crippen LogP contribution in [0.4, 0.5) is 0 Å². The maximum absolute atomic E-state index is 13.5. The van der Waals surface area contributed by atoms with Crippen molar-refractivity contribution in [2.24, 2.45) is 17.3 Å². The second-order valence-electron chi connectivity index (χ2n) is 12.8. The molecule has 0 heterocycles. The number of rotatable bonds is 17. The number of nitrogens with one attached hydrogen (secondary N) is 2. The third-order valence-electron chi connectivity index (χ3n) is 8.45. The van der Waals surface area contributed by atoms with Crippen molar-refractivity contribution in [3.63, 3.8) is 0 Å². The maximum Gasteiger partial charge on any atom is 0.324 e. The van der Waals surface area contributed by atoms with E-state index in [4.69, 9.17) is 4.74 Å². The molecule has 0 aliphatic rings. The first kappa shape index (κ1) is 37.9. The van der Waals surface area contributed by atoms with Gasteiger partial charge in [-0.25, -0.2) is 8.42 Å². The van der Waals surface area contributed by atoms with Gasteiger partial charge in [-0.1, -0.05) is 81.4 Å². The summed E-state index contributed by atoms with van der Waals surface area (Å²) in [6, 6.07) is 17.5. The molecule has 2 aromatic rings. The molecule has 12 heteroatoms. The number of likely N-dealkylation sites (N-methyl/N-ethyl adjacent to an activating group) is 1. The average molecular weight is 648 g/mol. The number of nitrogens with zero attached hydrogens (tertiary/aromatic N) is 1. The SMILES string of the molecule is CC(C)C(NC[C@@H](O)C(Cc1ccccc1)NC(=O)[C@H](C)C(C)(C)C(=O)OCc1ccccc1)S(=O)(=O)N(C)C(C)(C)C(=O)O. The molecule has 0 aromatic heterocycles. The lowest BCUT2D eigenvalue weighted by Crippen LogP contribution is -2.59. The number of benzene rings is 2. The number of esters is 1. The zero-order valence-electron chi connectivity index (χ0n) is 27.5. The van der Waals surface area contributed by atoms with Gasteiger partial charge < -0.3 is 20.3 Å². The van der Waals surface area contributed by atoms with Gasteiger partial charge in [0.25, 0.3) is 0 Å². The predicted octanol–water partition coefficient (Wildman–Crippen LogP) is 3.18. The quantitative estimate of drug-likeness (QED) is 0.189. The van der Waals surface area contributed by atoms with Crippen LogP contribution in [0.3, 0.4) is 0 Å². The minimum atomic E-state index is -4.18. The first-order valence-corrected chi connectivity index (χ1v) is 16.5. The number of carbonyl (C=O) groups excluding carboxylic acids is 2. The number of sulfonamides is 1. The molecule has 0 aliphatic heterocycles. The lowest BCUT2D eigenvalue weighted by atomic mass is 9.79. The Morgan fingerprint density at radius 3 is 1.91 bits per heavy atom. The van der Waals surface area contributed by atoms with E-state index in [9.17, 15) is 33.0 Å². The van der Waals surface area contributed by atoms with Gasteiger partial charge in [0.05, 0.1) is 23.5 Å².